The average molecular weight is 186 g/mol. The number of nitrogen functional groups attached to an aromatic ring is 1. The molecule has 0 aliphatic heterocycles. The molecule has 3 nitrogen and oxygen atoms in total. The van der Waals surface area contributed by atoms with Gasteiger partial charge in [0.15, 0.2) is 0 Å². The molecule has 0 spiro atoms. The standard InChI is InChI=1S/C8H11N3.ClH/c9-7-4-5-10-8(11-7)6-2-1-3-6;/h4-6H,1-3H2,(H2,9,10,11);1H. The second-order valence-corrected chi connectivity index (χ2v) is 2.97. The number of nitrogens with zero attached hydrogens (tertiary/aromatic N) is 2. The summed E-state index contributed by atoms with van der Waals surface area (Å²) in [7, 11) is 0. The van der Waals surface area contributed by atoms with Crippen molar-refractivity contribution in [3.63, 3.8) is 0 Å². The van der Waals surface area contributed by atoms with Crippen LogP contribution in [-0.2, 0) is 0 Å². The molecule has 0 radical (unpaired) electrons. The molecule has 12 heavy (non-hydrogen) atoms. The minimum atomic E-state index is 0. The first-order valence-corrected chi connectivity index (χ1v) is 3.94. The van der Waals surface area contributed by atoms with E-state index in [-0.39, 0.29) is 12.4 Å². The molecule has 1 aliphatic carbocycles. The van der Waals surface area contributed by atoms with Gasteiger partial charge in [-0.25, -0.2) is 9.97 Å². The monoisotopic (exact) mass is 185 g/mol. The van der Waals surface area contributed by atoms with Crippen molar-refractivity contribution in [2.45, 2.75) is 25.2 Å². The van der Waals surface area contributed by atoms with Crippen LogP contribution in [0.4, 0.5) is 5.82 Å². The van der Waals surface area contributed by atoms with Crippen molar-refractivity contribution < 1.29 is 0 Å². The summed E-state index contributed by atoms with van der Waals surface area (Å²) in [5, 5.41) is 0. The van der Waals surface area contributed by atoms with Crippen LogP contribution in [0.15, 0.2) is 12.3 Å². The SMILES string of the molecule is Cl.Nc1ccnc(C2CCC2)n1. The van der Waals surface area contributed by atoms with Gasteiger partial charge < -0.3 is 5.73 Å². The quantitative estimate of drug-likeness (QED) is 0.725. The fraction of sp³-hybridized carbons (Fsp3) is 0.500. The summed E-state index contributed by atoms with van der Waals surface area (Å²) in [6, 6.07) is 1.72. The lowest BCUT2D eigenvalue weighted by Gasteiger charge is -2.23. The van der Waals surface area contributed by atoms with Crippen molar-refractivity contribution in [3.05, 3.63) is 18.1 Å². The lowest BCUT2D eigenvalue weighted by atomic mass is 9.85. The normalized spacial score (nSPS) is 16.3. The number of rotatable bonds is 1. The van der Waals surface area contributed by atoms with E-state index in [4.69, 9.17) is 5.73 Å². The highest BCUT2D eigenvalue weighted by molar-refractivity contribution is 5.85. The molecule has 2 rings (SSSR count). The third-order valence-corrected chi connectivity index (χ3v) is 2.17. The average Bonchev–Trinajstić information content (AvgIpc) is 1.83. The molecule has 0 amide bonds. The van der Waals surface area contributed by atoms with Crippen LogP contribution in [0.25, 0.3) is 0 Å². The van der Waals surface area contributed by atoms with Crippen LogP contribution in [0.2, 0.25) is 0 Å². The summed E-state index contributed by atoms with van der Waals surface area (Å²) >= 11 is 0. The van der Waals surface area contributed by atoms with E-state index < -0.39 is 0 Å². The number of hydrogen-bond acceptors (Lipinski definition) is 3. The largest absolute Gasteiger partial charge is 0.384 e. The number of nitrogens with two attached hydrogens (primary N) is 1. The van der Waals surface area contributed by atoms with Crippen molar-refractivity contribution in [3.8, 4) is 0 Å². The first kappa shape index (κ1) is 9.26. The van der Waals surface area contributed by atoms with Gasteiger partial charge in [0.2, 0.25) is 0 Å². The Morgan fingerprint density at radius 2 is 2.17 bits per heavy atom. The molecule has 0 bridgehead atoms. The smallest absolute Gasteiger partial charge is 0.133 e. The van der Waals surface area contributed by atoms with Gasteiger partial charge in [0, 0.05) is 12.1 Å². The molecule has 66 valence electrons. The second-order valence-electron chi connectivity index (χ2n) is 2.97. The van der Waals surface area contributed by atoms with E-state index >= 15 is 0 Å². The van der Waals surface area contributed by atoms with Gasteiger partial charge in [0.05, 0.1) is 0 Å². The molecule has 2 N–H and O–H groups in total. The van der Waals surface area contributed by atoms with Gasteiger partial charge in [-0.15, -0.1) is 12.4 Å². The molecule has 1 aliphatic rings. The number of halogens is 1. The van der Waals surface area contributed by atoms with E-state index in [2.05, 4.69) is 9.97 Å². The molecule has 1 heterocycles. The van der Waals surface area contributed by atoms with Crippen LogP contribution in [0.3, 0.4) is 0 Å². The zero-order valence-corrected chi connectivity index (χ0v) is 7.55. The summed E-state index contributed by atoms with van der Waals surface area (Å²) in [4.78, 5) is 8.33. The molecule has 0 saturated heterocycles. The van der Waals surface area contributed by atoms with Crippen LogP contribution in [-0.4, -0.2) is 9.97 Å². The van der Waals surface area contributed by atoms with Crippen molar-refractivity contribution in [2.75, 3.05) is 5.73 Å². The molecular weight excluding hydrogens is 174 g/mol. The van der Waals surface area contributed by atoms with Gasteiger partial charge in [-0.1, -0.05) is 6.42 Å². The molecule has 0 aromatic carbocycles. The van der Waals surface area contributed by atoms with Gasteiger partial charge in [-0.3, -0.25) is 0 Å². The summed E-state index contributed by atoms with van der Waals surface area (Å²) in [5.41, 5.74) is 5.52. The number of aromatic nitrogens is 2. The maximum absolute atomic E-state index is 5.52. The van der Waals surface area contributed by atoms with E-state index in [0.717, 1.165) is 5.82 Å². The Morgan fingerprint density at radius 3 is 2.67 bits per heavy atom. The maximum Gasteiger partial charge on any atom is 0.133 e. The Balaban J connectivity index is 0.000000720. The molecule has 1 saturated carbocycles. The fourth-order valence-electron chi connectivity index (χ4n) is 1.25. The van der Waals surface area contributed by atoms with Crippen LogP contribution < -0.4 is 5.73 Å². The molecule has 4 heteroatoms. The number of anilines is 1. The molecule has 1 aromatic heterocycles. The first-order chi connectivity index (χ1) is 5.36. The van der Waals surface area contributed by atoms with E-state index in [9.17, 15) is 0 Å². The molecule has 0 unspecified atom stereocenters. The van der Waals surface area contributed by atoms with Crippen molar-refractivity contribution in [1.82, 2.24) is 9.97 Å². The van der Waals surface area contributed by atoms with Crippen molar-refractivity contribution in [1.29, 1.82) is 0 Å². The van der Waals surface area contributed by atoms with Crippen LogP contribution in [0.1, 0.15) is 31.0 Å². The van der Waals surface area contributed by atoms with Crippen LogP contribution in [0, 0.1) is 0 Å². The van der Waals surface area contributed by atoms with Gasteiger partial charge in [0.25, 0.3) is 0 Å². The summed E-state index contributed by atoms with van der Waals surface area (Å²) in [6.07, 6.45) is 5.49. The lowest BCUT2D eigenvalue weighted by Crippen LogP contribution is -2.12. The van der Waals surface area contributed by atoms with E-state index in [1.807, 2.05) is 0 Å². The van der Waals surface area contributed by atoms with Crippen LogP contribution >= 0.6 is 12.4 Å². The third kappa shape index (κ3) is 1.67. The summed E-state index contributed by atoms with van der Waals surface area (Å²) < 4.78 is 0. The molecule has 1 aromatic rings. The first-order valence-electron chi connectivity index (χ1n) is 3.94. The molecule has 0 atom stereocenters. The zero-order chi connectivity index (χ0) is 7.68. The van der Waals surface area contributed by atoms with Crippen molar-refractivity contribution >= 4 is 18.2 Å². The summed E-state index contributed by atoms with van der Waals surface area (Å²) in [5.74, 6) is 2.09. The van der Waals surface area contributed by atoms with Gasteiger partial charge in [0.1, 0.15) is 11.6 Å². The lowest BCUT2D eigenvalue weighted by molar-refractivity contribution is 0.402. The second kappa shape index (κ2) is 3.72. The summed E-state index contributed by atoms with van der Waals surface area (Å²) in [6.45, 7) is 0. The maximum atomic E-state index is 5.52. The Hall–Kier alpha value is -0.830. The van der Waals surface area contributed by atoms with E-state index in [1.165, 1.54) is 19.3 Å². The van der Waals surface area contributed by atoms with E-state index in [0.29, 0.717) is 11.7 Å². The van der Waals surface area contributed by atoms with Gasteiger partial charge >= 0.3 is 0 Å². The Kier molecular flexibility index (Phi) is 2.87. The predicted molar refractivity (Wildman–Crippen MR) is 50.3 cm³/mol. The highest BCUT2D eigenvalue weighted by atomic mass is 35.5. The van der Waals surface area contributed by atoms with Crippen LogP contribution in [0.5, 0.6) is 0 Å². The van der Waals surface area contributed by atoms with E-state index in [1.54, 1.807) is 12.3 Å². The minimum absolute atomic E-state index is 0. The fourth-order valence-corrected chi connectivity index (χ4v) is 1.25. The Morgan fingerprint density at radius 1 is 1.42 bits per heavy atom. The number of hydrogen-bond donors (Lipinski definition) is 1. The van der Waals surface area contributed by atoms with Gasteiger partial charge in [-0.05, 0) is 18.9 Å². The Bertz CT molecular complexity index is 260. The highest BCUT2D eigenvalue weighted by Gasteiger charge is 2.21. The zero-order valence-electron chi connectivity index (χ0n) is 6.73. The predicted octanol–water partition coefficient (Wildman–Crippen LogP) is 1.75. The molecule has 1 fully saturated rings. The topological polar surface area (TPSA) is 51.8 Å². The molecular formula is C8H12ClN3. The minimum Gasteiger partial charge on any atom is -0.384 e. The Labute approximate surface area is 77.8 Å². The third-order valence-electron chi connectivity index (χ3n) is 2.17. The highest BCUT2D eigenvalue weighted by Crippen LogP contribution is 2.34. The van der Waals surface area contributed by atoms with Gasteiger partial charge in [-0.2, -0.15) is 0 Å². The van der Waals surface area contributed by atoms with Crippen molar-refractivity contribution in [2.24, 2.45) is 0 Å².